The van der Waals surface area contributed by atoms with E-state index < -0.39 is 17.3 Å². The molecule has 3 heterocycles. The van der Waals surface area contributed by atoms with Crippen molar-refractivity contribution in [3.8, 4) is 0 Å². The summed E-state index contributed by atoms with van der Waals surface area (Å²) in [6.45, 7) is 2.17. The molecular formula is C23H24F3N3O2. The standard InChI is InChI=1S/C23H24F3N3O2/c1-15-5-2-7-17(27-15)18(30)13-16-6-4-10-22(14-16)11-12-29(21(22)31)20-9-3-8-19(28-20)23(24,25)26/h2-3,5,7-9,16H,4,6,10-14H2,1H3/t16-,22+/m1/s1. The smallest absolute Gasteiger partial charge is 0.296 e. The third-order valence-corrected chi connectivity index (χ3v) is 6.41. The van der Waals surface area contributed by atoms with Crippen LogP contribution in [0.1, 0.15) is 60.4 Å². The topological polar surface area (TPSA) is 63.2 Å². The summed E-state index contributed by atoms with van der Waals surface area (Å²) >= 11 is 0. The summed E-state index contributed by atoms with van der Waals surface area (Å²) in [5.74, 6) is -0.112. The van der Waals surface area contributed by atoms with Gasteiger partial charge in [-0.1, -0.05) is 18.6 Å². The van der Waals surface area contributed by atoms with Crippen LogP contribution in [0.5, 0.6) is 0 Å². The first-order valence-electron chi connectivity index (χ1n) is 10.5. The van der Waals surface area contributed by atoms with Crippen LogP contribution in [0.2, 0.25) is 0 Å². The summed E-state index contributed by atoms with van der Waals surface area (Å²) in [5, 5.41) is 0. The molecule has 0 aromatic carbocycles. The summed E-state index contributed by atoms with van der Waals surface area (Å²) in [5.41, 5.74) is -0.413. The average molecular weight is 431 g/mol. The molecule has 8 heteroatoms. The Hall–Kier alpha value is -2.77. The van der Waals surface area contributed by atoms with E-state index in [1.165, 1.54) is 17.0 Å². The highest BCUT2D eigenvalue weighted by atomic mass is 19.4. The molecule has 31 heavy (non-hydrogen) atoms. The van der Waals surface area contributed by atoms with Gasteiger partial charge in [-0.15, -0.1) is 0 Å². The van der Waals surface area contributed by atoms with E-state index in [-0.39, 0.29) is 23.4 Å². The molecule has 2 fully saturated rings. The number of hydrogen-bond acceptors (Lipinski definition) is 4. The van der Waals surface area contributed by atoms with E-state index in [1.54, 1.807) is 12.1 Å². The fraction of sp³-hybridized carbons (Fsp3) is 0.478. The zero-order valence-electron chi connectivity index (χ0n) is 17.3. The highest BCUT2D eigenvalue weighted by molar-refractivity contribution is 5.99. The summed E-state index contributed by atoms with van der Waals surface area (Å²) in [6.07, 6.45) is -0.738. The van der Waals surface area contributed by atoms with E-state index in [1.807, 2.05) is 13.0 Å². The van der Waals surface area contributed by atoms with Crippen LogP contribution in [0.15, 0.2) is 36.4 Å². The van der Waals surface area contributed by atoms with Crippen molar-refractivity contribution in [2.45, 2.75) is 51.6 Å². The van der Waals surface area contributed by atoms with E-state index in [0.717, 1.165) is 24.6 Å². The average Bonchev–Trinajstić information content (AvgIpc) is 3.03. The first kappa shape index (κ1) is 21.5. The number of nitrogens with zero attached hydrogens (tertiary/aromatic N) is 3. The molecule has 5 nitrogen and oxygen atoms in total. The normalized spacial score (nSPS) is 24.1. The molecule has 0 radical (unpaired) electrons. The Morgan fingerprint density at radius 1 is 1.16 bits per heavy atom. The van der Waals surface area contributed by atoms with Crippen molar-refractivity contribution in [2.24, 2.45) is 11.3 Å². The van der Waals surface area contributed by atoms with E-state index in [2.05, 4.69) is 9.97 Å². The number of halogens is 3. The summed E-state index contributed by atoms with van der Waals surface area (Å²) < 4.78 is 39.1. The maximum Gasteiger partial charge on any atom is 0.433 e. The highest BCUT2D eigenvalue weighted by Crippen LogP contribution is 2.48. The van der Waals surface area contributed by atoms with Crippen LogP contribution in [0.25, 0.3) is 0 Å². The molecular weight excluding hydrogens is 407 g/mol. The summed E-state index contributed by atoms with van der Waals surface area (Å²) in [4.78, 5) is 35.4. The number of Topliss-reactive ketones (excluding diaryl/α,β-unsaturated/α-hetero) is 1. The second kappa shape index (κ2) is 8.05. The number of ketones is 1. The quantitative estimate of drug-likeness (QED) is 0.640. The third kappa shape index (κ3) is 4.34. The zero-order valence-corrected chi connectivity index (χ0v) is 17.3. The number of hydrogen-bond donors (Lipinski definition) is 0. The first-order chi connectivity index (χ1) is 14.7. The molecule has 1 aliphatic heterocycles. The SMILES string of the molecule is Cc1cccc(C(=O)C[C@H]2CCC[C@]3(CCN(c4cccc(C(F)(F)F)n4)C3=O)C2)n1. The van der Waals surface area contributed by atoms with Crippen LogP contribution in [0.4, 0.5) is 19.0 Å². The molecule has 1 spiro atoms. The van der Waals surface area contributed by atoms with Gasteiger partial charge < -0.3 is 0 Å². The lowest BCUT2D eigenvalue weighted by Gasteiger charge is -2.36. The van der Waals surface area contributed by atoms with E-state index >= 15 is 0 Å². The van der Waals surface area contributed by atoms with E-state index in [9.17, 15) is 22.8 Å². The highest BCUT2D eigenvalue weighted by Gasteiger charge is 2.50. The maximum atomic E-state index is 13.3. The lowest BCUT2D eigenvalue weighted by Crippen LogP contribution is -2.39. The molecule has 0 unspecified atom stereocenters. The molecule has 2 aromatic heterocycles. The number of carbonyl (C=O) groups is 2. The van der Waals surface area contributed by atoms with Crippen molar-refractivity contribution in [2.75, 3.05) is 11.4 Å². The van der Waals surface area contributed by atoms with Crippen molar-refractivity contribution >= 4 is 17.5 Å². The minimum Gasteiger partial charge on any atom is -0.296 e. The van der Waals surface area contributed by atoms with Gasteiger partial charge >= 0.3 is 6.18 Å². The Morgan fingerprint density at radius 2 is 1.94 bits per heavy atom. The number of anilines is 1. The third-order valence-electron chi connectivity index (χ3n) is 6.41. The van der Waals surface area contributed by atoms with Crippen molar-refractivity contribution in [1.29, 1.82) is 0 Å². The Labute approximate surface area is 178 Å². The molecule has 0 N–H and O–H groups in total. The van der Waals surface area contributed by atoms with Crippen LogP contribution >= 0.6 is 0 Å². The number of pyridine rings is 2. The number of aryl methyl sites for hydroxylation is 1. The molecule has 4 rings (SSSR count). The molecule has 2 aliphatic rings. The lowest BCUT2D eigenvalue weighted by molar-refractivity contribution is -0.141. The van der Waals surface area contributed by atoms with Gasteiger partial charge in [0.15, 0.2) is 5.78 Å². The molecule has 1 saturated carbocycles. The minimum atomic E-state index is -4.56. The van der Waals surface area contributed by atoms with Crippen LogP contribution in [-0.2, 0) is 11.0 Å². The molecule has 2 atom stereocenters. The Balaban J connectivity index is 1.48. The Morgan fingerprint density at radius 3 is 2.68 bits per heavy atom. The van der Waals surface area contributed by atoms with E-state index in [0.29, 0.717) is 37.9 Å². The van der Waals surface area contributed by atoms with Crippen molar-refractivity contribution in [1.82, 2.24) is 9.97 Å². The number of carbonyl (C=O) groups excluding carboxylic acids is 2. The lowest BCUT2D eigenvalue weighted by atomic mass is 9.67. The minimum absolute atomic E-state index is 0.0346. The van der Waals surface area contributed by atoms with Crippen LogP contribution in [0.3, 0.4) is 0 Å². The number of amides is 1. The van der Waals surface area contributed by atoms with Gasteiger partial charge in [-0.3, -0.25) is 19.5 Å². The van der Waals surface area contributed by atoms with Crippen LogP contribution in [0, 0.1) is 18.3 Å². The fourth-order valence-corrected chi connectivity index (χ4v) is 4.92. The van der Waals surface area contributed by atoms with Gasteiger partial charge in [0.05, 0.1) is 5.41 Å². The van der Waals surface area contributed by atoms with Crippen molar-refractivity contribution in [3.63, 3.8) is 0 Å². The fourth-order valence-electron chi connectivity index (χ4n) is 4.92. The molecule has 2 aromatic rings. The molecule has 1 saturated heterocycles. The molecule has 164 valence electrons. The number of aromatic nitrogens is 2. The number of alkyl halides is 3. The largest absolute Gasteiger partial charge is 0.433 e. The van der Waals surface area contributed by atoms with Gasteiger partial charge in [0.25, 0.3) is 0 Å². The molecule has 0 bridgehead atoms. The van der Waals surface area contributed by atoms with Gasteiger partial charge in [0.1, 0.15) is 17.2 Å². The summed E-state index contributed by atoms with van der Waals surface area (Å²) in [6, 6.07) is 8.97. The van der Waals surface area contributed by atoms with Crippen molar-refractivity contribution < 1.29 is 22.8 Å². The second-order valence-electron chi connectivity index (χ2n) is 8.62. The monoisotopic (exact) mass is 431 g/mol. The Bertz CT molecular complexity index is 1010. The zero-order chi connectivity index (χ0) is 22.2. The van der Waals surface area contributed by atoms with E-state index in [4.69, 9.17) is 0 Å². The molecule has 1 amide bonds. The van der Waals surface area contributed by atoms with Gasteiger partial charge in [-0.2, -0.15) is 13.2 Å². The maximum absolute atomic E-state index is 13.3. The second-order valence-corrected chi connectivity index (χ2v) is 8.62. The van der Waals surface area contributed by atoms with Gasteiger partial charge in [-0.25, -0.2) is 4.98 Å². The van der Waals surface area contributed by atoms with Gasteiger partial charge in [-0.05, 0) is 62.8 Å². The van der Waals surface area contributed by atoms with Crippen LogP contribution < -0.4 is 4.90 Å². The Kier molecular flexibility index (Phi) is 5.58. The molecule has 1 aliphatic carbocycles. The predicted molar refractivity (Wildman–Crippen MR) is 109 cm³/mol. The van der Waals surface area contributed by atoms with Crippen LogP contribution in [-0.4, -0.2) is 28.2 Å². The summed E-state index contributed by atoms with van der Waals surface area (Å²) in [7, 11) is 0. The predicted octanol–water partition coefficient (Wildman–Crippen LogP) is 4.99. The van der Waals surface area contributed by atoms with Crippen molar-refractivity contribution in [3.05, 3.63) is 53.5 Å². The van der Waals surface area contributed by atoms with Gasteiger partial charge in [0, 0.05) is 18.7 Å². The van der Waals surface area contributed by atoms with Gasteiger partial charge in [0.2, 0.25) is 5.91 Å². The first-order valence-corrected chi connectivity index (χ1v) is 10.5. The number of rotatable bonds is 4.